The van der Waals surface area contributed by atoms with E-state index in [1.54, 1.807) is 49.3 Å². The fraction of sp³-hybridized carbons (Fsp3) is 0.696. The Bertz CT molecular complexity index is 4590. The van der Waals surface area contributed by atoms with E-state index in [1.807, 2.05) is 55.4 Å². The van der Waals surface area contributed by atoms with E-state index in [4.69, 9.17) is 74.5 Å². The first-order valence-electron chi connectivity index (χ1n) is 43.1. The molecule has 8 heterocycles. The molecule has 0 aromatic carbocycles. The third-order valence-corrected chi connectivity index (χ3v) is 32.2. The minimum absolute atomic E-state index is 0.147. The molecule has 8 saturated carbocycles. The van der Waals surface area contributed by atoms with Gasteiger partial charge >= 0.3 is 71.6 Å². The largest absolute Gasteiger partial charge is 0.472 e. The number of rotatable bonds is 12. The van der Waals surface area contributed by atoms with Gasteiger partial charge in [-0.15, -0.1) is 0 Å². The van der Waals surface area contributed by atoms with Gasteiger partial charge in [-0.1, -0.05) is 55.4 Å². The fourth-order valence-electron chi connectivity index (χ4n) is 26.9. The number of ether oxygens (including phenoxy) is 12. The maximum Gasteiger partial charge on any atom is 0.310 e. The number of hydrogen-bond acceptors (Lipinski definition) is 32. The van der Waals surface area contributed by atoms with Gasteiger partial charge in [0.15, 0.2) is 0 Å². The van der Waals surface area contributed by atoms with E-state index in [1.165, 1.54) is 81.2 Å². The Morgan fingerprint density at radius 1 is 0.331 bits per heavy atom. The van der Waals surface area contributed by atoms with Gasteiger partial charge in [-0.05, 0) is 163 Å². The Hall–Kier alpha value is -9.40. The first-order chi connectivity index (χ1) is 58.5. The van der Waals surface area contributed by atoms with Crippen LogP contribution in [-0.2, 0) is 114 Å². The second kappa shape index (κ2) is 35.1. The van der Waals surface area contributed by atoms with Crippen molar-refractivity contribution in [1.82, 2.24) is 0 Å². The number of fused-ring (bicyclic) bond motifs is 12. The van der Waals surface area contributed by atoms with Crippen LogP contribution in [0.1, 0.15) is 232 Å². The summed E-state index contributed by atoms with van der Waals surface area (Å²) in [5.41, 5.74) is -2.12. The molecule has 8 aliphatic carbocycles. The Kier molecular flexibility index (Phi) is 26.1. The summed E-state index contributed by atoms with van der Waals surface area (Å²) in [5.74, 6) is -10.6. The molecule has 0 spiro atoms. The van der Waals surface area contributed by atoms with Crippen molar-refractivity contribution in [3.8, 4) is 0 Å². The van der Waals surface area contributed by atoms with Crippen LogP contribution in [0.4, 0.5) is 0 Å². The van der Waals surface area contributed by atoms with E-state index < -0.39 is 212 Å². The normalized spacial score (nSPS) is 42.0. The van der Waals surface area contributed by atoms with E-state index in [2.05, 4.69) is 0 Å². The molecule has 680 valence electrons. The van der Waals surface area contributed by atoms with Crippen molar-refractivity contribution in [1.29, 1.82) is 0 Å². The molecular weight excluding hydrogens is 1620 g/mol. The highest BCUT2D eigenvalue weighted by molar-refractivity contribution is 5.81. The summed E-state index contributed by atoms with van der Waals surface area (Å²) in [7, 11) is 5.36. The van der Waals surface area contributed by atoms with Gasteiger partial charge in [-0.25, -0.2) is 0 Å². The van der Waals surface area contributed by atoms with Gasteiger partial charge in [0.1, 0.15) is 48.8 Å². The SMILES string of the molecule is COC(=O)C1C[C@H](OC(C)=O)[C@H](O)C2[C@@]1(C)CC[C@H]1C(=O)O[C@H](c3ccoc3)C[C@]21C.COC(=O)[C@@H]1C[C@H](O)[C@H](O)C2[C@@]1(C)CC[C@H]1C(=O)O[C@H](c3ccoc3)C[C@]21C.COC(=O)[C@@H]1C[C@H](O)[C@H](OC(C)=O)C2[C@@]1(C)CC[C@H]1C(=O)O[C@H](c3ccoc3)C[C@]21C.COC(=O)[C@@H]1C[C@H](OC(C)=O)[C@H](OC(C)=O)C2[C@@]1(C)CC[C@H]1C(=O)O[C@H](c3ccoc3)C[C@]21C. The predicted molar refractivity (Wildman–Crippen MR) is 425 cm³/mol. The minimum atomic E-state index is -1.04. The molecule has 4 aromatic rings. The van der Waals surface area contributed by atoms with Crippen molar-refractivity contribution in [3.63, 3.8) is 0 Å². The van der Waals surface area contributed by atoms with Crippen LogP contribution in [0.25, 0.3) is 0 Å². The van der Waals surface area contributed by atoms with Gasteiger partial charge in [0.2, 0.25) is 0 Å². The first-order valence-corrected chi connectivity index (χ1v) is 43.1. The lowest BCUT2D eigenvalue weighted by Gasteiger charge is -2.63. The van der Waals surface area contributed by atoms with Gasteiger partial charge in [-0.2, -0.15) is 0 Å². The van der Waals surface area contributed by atoms with Crippen LogP contribution in [0.2, 0.25) is 0 Å². The third-order valence-electron chi connectivity index (χ3n) is 32.2. The molecular formula is C92H120O32. The van der Waals surface area contributed by atoms with E-state index in [9.17, 15) is 78.0 Å². The van der Waals surface area contributed by atoms with Crippen molar-refractivity contribution in [3.05, 3.63) is 96.6 Å². The number of carbonyl (C=O) groups excluding carboxylic acids is 12. The summed E-state index contributed by atoms with van der Waals surface area (Å²) in [6, 6.07) is 7.06. The zero-order chi connectivity index (χ0) is 90.2. The van der Waals surface area contributed by atoms with E-state index >= 15 is 0 Å². The summed E-state index contributed by atoms with van der Waals surface area (Å²) in [6.45, 7) is 21.1. The van der Waals surface area contributed by atoms with E-state index in [-0.39, 0.29) is 73.4 Å². The number of furan rings is 4. The van der Waals surface area contributed by atoms with Crippen LogP contribution in [0.3, 0.4) is 0 Å². The zero-order valence-electron chi connectivity index (χ0n) is 73.3. The quantitative estimate of drug-likeness (QED) is 0.0756. The molecule has 4 saturated heterocycles. The van der Waals surface area contributed by atoms with Crippen LogP contribution < -0.4 is 0 Å². The van der Waals surface area contributed by atoms with Gasteiger partial charge in [-0.3, -0.25) is 57.5 Å². The van der Waals surface area contributed by atoms with Crippen LogP contribution in [0, 0.1) is 114 Å². The zero-order valence-corrected chi connectivity index (χ0v) is 73.3. The summed E-state index contributed by atoms with van der Waals surface area (Å²) >= 11 is 0. The van der Waals surface area contributed by atoms with Gasteiger partial charge < -0.3 is 94.9 Å². The molecule has 12 aliphatic rings. The second-order valence-corrected chi connectivity index (χ2v) is 38.9. The molecule has 124 heavy (non-hydrogen) atoms. The summed E-state index contributed by atoms with van der Waals surface area (Å²) in [5, 5.41) is 44.1. The molecule has 0 radical (unpaired) electrons. The van der Waals surface area contributed by atoms with Crippen LogP contribution in [0.15, 0.2) is 92.0 Å². The predicted octanol–water partition coefficient (Wildman–Crippen LogP) is 11.2. The lowest BCUT2D eigenvalue weighted by atomic mass is 9.42. The van der Waals surface area contributed by atoms with Gasteiger partial charge in [0.05, 0.1) is 150 Å². The van der Waals surface area contributed by atoms with Crippen molar-refractivity contribution in [2.24, 2.45) is 114 Å². The second-order valence-electron chi connectivity index (χ2n) is 38.9. The van der Waals surface area contributed by atoms with Crippen LogP contribution in [0.5, 0.6) is 0 Å². The molecule has 32 nitrogen and oxygen atoms in total. The molecule has 16 rings (SSSR count). The Balaban J connectivity index is 0.000000142. The topological polar surface area (TPSA) is 449 Å². The number of esters is 12. The smallest absolute Gasteiger partial charge is 0.310 e. The number of methoxy groups -OCH3 is 4. The summed E-state index contributed by atoms with van der Waals surface area (Å²) < 4.78 is 86.7. The van der Waals surface area contributed by atoms with E-state index in [0.717, 1.165) is 22.3 Å². The molecule has 4 aromatic heterocycles. The van der Waals surface area contributed by atoms with Crippen molar-refractivity contribution < 1.29 is 152 Å². The lowest BCUT2D eigenvalue weighted by molar-refractivity contribution is -0.246. The van der Waals surface area contributed by atoms with Gasteiger partial charge in [0.25, 0.3) is 0 Å². The van der Waals surface area contributed by atoms with E-state index in [0.29, 0.717) is 77.0 Å². The maximum atomic E-state index is 13.2. The van der Waals surface area contributed by atoms with Crippen LogP contribution in [-0.4, -0.2) is 169 Å². The standard InChI is InChI=1S/C25H32O9.2C23H30O8.C21H28O7/c1-13(26)32-18-10-17(22(28)30-5)24(3)8-6-16-23(29)34-19(15-7-9-31-12-15)11-25(16,4)21(24)20(18)33-14(2)27;1-12(24)30-16-9-15(20(26)28-4)22(2)7-5-14-21(27)31-17(13-6-8-29-11-13)10-23(14,3)19(22)18(16)25;1-12(24)30-18-16(25)9-15(20(26)28-4)22(2)7-5-14-21(27)31-17(13-6-8-29-11-13)10-23(14,3)19(18)22;1-20-6-4-12-19(25)28-15(11-5-7-27-10-11)9-21(12,2)17(20)16(23)14(22)8-13(20)18(24)26-3/h7,9,12,16-21H,6,8,10-11H2,1-5H3;2*6,8,11,14-19,25H,5,7,9-10H2,1-4H3;5,7,10,12-17,22-23H,4,6,8-9H2,1-3H3/t16-,17-,18-,19-,20-,21?,24-,25-;14-,15?,16-,17-,18-,19?,22-,23-;14-,15-,16-,17-,18-,19?,22-,23-;12-,13-,14-,15-,16-,17?,20-,21-/m0000/s1. The Morgan fingerprint density at radius 3 is 0.887 bits per heavy atom. The number of carbonyl (C=O) groups is 12. The van der Waals surface area contributed by atoms with Gasteiger partial charge in [0, 0.05) is 80.5 Å². The summed E-state index contributed by atoms with van der Waals surface area (Å²) in [4.78, 5) is 151. The fourth-order valence-corrected chi connectivity index (χ4v) is 26.9. The average Bonchev–Trinajstić information content (AvgIpc) is 0.873. The van der Waals surface area contributed by atoms with Crippen molar-refractivity contribution >= 4 is 71.6 Å². The minimum Gasteiger partial charge on any atom is -0.472 e. The van der Waals surface area contributed by atoms with Crippen molar-refractivity contribution in [2.45, 2.75) is 259 Å². The summed E-state index contributed by atoms with van der Waals surface area (Å²) in [6.07, 6.45) is 9.89. The molecule has 32 heteroatoms. The van der Waals surface area contributed by atoms with Crippen LogP contribution >= 0.6 is 0 Å². The first kappa shape index (κ1) is 92.3. The maximum absolute atomic E-state index is 13.2. The Morgan fingerprint density at radius 2 is 0.589 bits per heavy atom. The molecule has 4 N–H and O–H groups in total. The number of hydrogen-bond donors (Lipinski definition) is 4. The third kappa shape index (κ3) is 16.2. The molecule has 0 amide bonds. The molecule has 32 atom stereocenters. The number of aliphatic hydroxyl groups excluding tert-OH is 4. The van der Waals surface area contributed by atoms with Crippen molar-refractivity contribution in [2.75, 3.05) is 28.4 Å². The highest BCUT2D eigenvalue weighted by Crippen LogP contribution is 2.72. The highest BCUT2D eigenvalue weighted by Gasteiger charge is 2.73. The monoisotopic (exact) mass is 1740 g/mol. The number of aliphatic hydroxyl groups is 4. The molecule has 4 aliphatic heterocycles. The number of cyclic esters (lactones) is 4. The highest BCUT2D eigenvalue weighted by atomic mass is 16.6. The molecule has 12 fully saturated rings. The average molecular weight is 1740 g/mol. The molecule has 0 bridgehead atoms. The molecule has 5 unspecified atom stereocenters. The Labute approximate surface area is 719 Å². The lowest BCUT2D eigenvalue weighted by Crippen LogP contribution is -2.66.